The molecular weight excluding hydrogens is 448 g/mol. The van der Waals surface area contributed by atoms with Gasteiger partial charge in [0.25, 0.3) is 17.3 Å². The van der Waals surface area contributed by atoms with Gasteiger partial charge in [0, 0.05) is 35.4 Å². The van der Waals surface area contributed by atoms with Gasteiger partial charge in [-0.15, -0.1) is 0 Å². The number of nitrogens with one attached hydrogen (secondary N) is 1. The van der Waals surface area contributed by atoms with Crippen molar-refractivity contribution in [1.82, 2.24) is 5.43 Å². The summed E-state index contributed by atoms with van der Waals surface area (Å²) in [4.78, 5) is 45.3. The second kappa shape index (κ2) is 10.5. The normalized spacial score (nSPS) is 10.5. The lowest BCUT2D eigenvalue weighted by Gasteiger charge is -2.08. The molecule has 0 aliphatic carbocycles. The first kappa shape index (κ1) is 23.5. The Morgan fingerprint density at radius 1 is 0.882 bits per heavy atom. The monoisotopic (exact) mass is 464 g/mol. The Bertz CT molecular complexity index is 1270. The summed E-state index contributed by atoms with van der Waals surface area (Å²) >= 11 is 0. The zero-order valence-corrected chi connectivity index (χ0v) is 17.5. The minimum Gasteiger partial charge on any atom is -0.497 e. The molecular formula is C22H16N4O8. The number of hydrazone groups is 1. The molecule has 0 spiro atoms. The van der Waals surface area contributed by atoms with Gasteiger partial charge in [-0.25, -0.2) is 10.2 Å². The summed E-state index contributed by atoms with van der Waals surface area (Å²) in [6, 6.07) is 14.5. The van der Waals surface area contributed by atoms with Crippen molar-refractivity contribution < 1.29 is 28.9 Å². The Kier molecular flexibility index (Phi) is 7.24. The molecule has 1 N–H and O–H groups in total. The number of methoxy groups -OCH3 is 1. The van der Waals surface area contributed by atoms with Crippen LogP contribution in [-0.2, 0) is 0 Å². The number of rotatable bonds is 8. The second-order valence-corrected chi connectivity index (χ2v) is 6.60. The number of benzene rings is 3. The molecule has 3 aromatic carbocycles. The maximum absolute atomic E-state index is 12.5. The average molecular weight is 464 g/mol. The van der Waals surface area contributed by atoms with Crippen LogP contribution >= 0.6 is 0 Å². The van der Waals surface area contributed by atoms with Crippen LogP contribution in [0.5, 0.6) is 11.5 Å². The van der Waals surface area contributed by atoms with Gasteiger partial charge in [0.05, 0.1) is 28.7 Å². The fourth-order valence-corrected chi connectivity index (χ4v) is 2.69. The number of carbonyl (C=O) groups excluding carboxylic acids is 2. The highest BCUT2D eigenvalue weighted by molar-refractivity contribution is 5.96. The third kappa shape index (κ3) is 5.76. The van der Waals surface area contributed by atoms with Gasteiger partial charge >= 0.3 is 5.97 Å². The van der Waals surface area contributed by atoms with Crippen LogP contribution in [0, 0.1) is 20.2 Å². The van der Waals surface area contributed by atoms with Gasteiger partial charge in [0.15, 0.2) is 0 Å². The molecule has 3 rings (SSSR count). The number of esters is 1. The zero-order chi connectivity index (χ0) is 24.7. The number of carbonyl (C=O) groups is 2. The van der Waals surface area contributed by atoms with Crippen LogP contribution in [0.15, 0.2) is 71.8 Å². The fraction of sp³-hybridized carbons (Fsp3) is 0.0455. The van der Waals surface area contributed by atoms with Crippen molar-refractivity contribution in [3.63, 3.8) is 0 Å². The topological polar surface area (TPSA) is 163 Å². The number of nitro benzene ring substituents is 2. The van der Waals surface area contributed by atoms with E-state index < -0.39 is 21.7 Å². The summed E-state index contributed by atoms with van der Waals surface area (Å²) in [6.07, 6.45) is 1.08. The van der Waals surface area contributed by atoms with Gasteiger partial charge in [0.2, 0.25) is 0 Å². The van der Waals surface area contributed by atoms with E-state index in [0.717, 1.165) is 30.5 Å². The number of nitrogens with zero attached hydrogens (tertiary/aromatic N) is 3. The van der Waals surface area contributed by atoms with Crippen molar-refractivity contribution in [3.8, 4) is 11.5 Å². The molecule has 0 unspecified atom stereocenters. The first-order valence-electron chi connectivity index (χ1n) is 9.51. The second-order valence-electron chi connectivity index (χ2n) is 6.60. The molecule has 34 heavy (non-hydrogen) atoms. The molecule has 3 aromatic rings. The number of hydrogen-bond donors (Lipinski definition) is 1. The van der Waals surface area contributed by atoms with Crippen LogP contribution in [-0.4, -0.2) is 35.0 Å². The van der Waals surface area contributed by atoms with Crippen LogP contribution in [0.25, 0.3) is 0 Å². The lowest BCUT2D eigenvalue weighted by atomic mass is 10.2. The van der Waals surface area contributed by atoms with E-state index in [1.807, 2.05) is 0 Å². The third-order valence-electron chi connectivity index (χ3n) is 4.44. The van der Waals surface area contributed by atoms with Crippen molar-refractivity contribution in [3.05, 3.63) is 104 Å². The summed E-state index contributed by atoms with van der Waals surface area (Å²) in [7, 11) is 1.48. The minimum absolute atomic E-state index is 0.0280. The van der Waals surface area contributed by atoms with Gasteiger partial charge in [-0.2, -0.15) is 5.10 Å². The van der Waals surface area contributed by atoms with Crippen LogP contribution in [0.3, 0.4) is 0 Å². The van der Waals surface area contributed by atoms with Gasteiger partial charge in [0.1, 0.15) is 11.5 Å². The van der Waals surface area contributed by atoms with Crippen LogP contribution in [0.2, 0.25) is 0 Å². The van der Waals surface area contributed by atoms with E-state index in [-0.39, 0.29) is 33.8 Å². The summed E-state index contributed by atoms with van der Waals surface area (Å²) < 4.78 is 10.4. The molecule has 0 saturated heterocycles. The van der Waals surface area contributed by atoms with Crippen molar-refractivity contribution in [2.24, 2.45) is 5.10 Å². The van der Waals surface area contributed by atoms with E-state index in [0.29, 0.717) is 5.75 Å². The largest absolute Gasteiger partial charge is 0.497 e. The Morgan fingerprint density at radius 2 is 1.47 bits per heavy atom. The number of ether oxygens (including phenoxy) is 2. The average Bonchev–Trinajstić information content (AvgIpc) is 2.84. The maximum atomic E-state index is 12.5. The highest BCUT2D eigenvalue weighted by Crippen LogP contribution is 2.24. The number of hydrogen-bond acceptors (Lipinski definition) is 9. The summed E-state index contributed by atoms with van der Waals surface area (Å²) in [5.74, 6) is -0.877. The molecule has 0 aliphatic rings. The van der Waals surface area contributed by atoms with Gasteiger partial charge in [-0.05, 0) is 42.5 Å². The number of non-ortho nitro benzene ring substituents is 2. The van der Waals surface area contributed by atoms with Crippen molar-refractivity contribution >= 4 is 29.5 Å². The highest BCUT2D eigenvalue weighted by atomic mass is 16.6. The minimum atomic E-state index is -0.721. The number of nitro groups is 2. The van der Waals surface area contributed by atoms with Crippen molar-refractivity contribution in [2.75, 3.05) is 7.11 Å². The molecule has 0 atom stereocenters. The molecule has 0 radical (unpaired) electrons. The number of amides is 1. The van der Waals surface area contributed by atoms with E-state index in [2.05, 4.69) is 10.5 Å². The van der Waals surface area contributed by atoms with E-state index in [9.17, 15) is 29.8 Å². The predicted octanol–water partition coefficient (Wildman–Crippen LogP) is 3.49. The fourth-order valence-electron chi connectivity index (χ4n) is 2.69. The van der Waals surface area contributed by atoms with E-state index in [1.54, 1.807) is 12.1 Å². The molecule has 12 heteroatoms. The SMILES string of the molecule is COc1ccc(C(=O)Oc2ccc([N+](=O)[O-])cc2/C=N/NC(=O)c2ccc([N+](=O)[O-])cc2)cc1. The first-order chi connectivity index (χ1) is 16.3. The molecule has 0 fully saturated rings. The van der Waals surface area contributed by atoms with Crippen molar-refractivity contribution in [2.45, 2.75) is 0 Å². The Hall–Kier alpha value is -5.13. The van der Waals surface area contributed by atoms with E-state index >= 15 is 0 Å². The highest BCUT2D eigenvalue weighted by Gasteiger charge is 2.15. The Balaban J connectivity index is 1.78. The summed E-state index contributed by atoms with van der Waals surface area (Å²) in [5, 5.41) is 25.6. The molecule has 0 aromatic heterocycles. The van der Waals surface area contributed by atoms with Gasteiger partial charge < -0.3 is 9.47 Å². The Morgan fingerprint density at radius 3 is 2.06 bits per heavy atom. The molecule has 172 valence electrons. The lowest BCUT2D eigenvalue weighted by molar-refractivity contribution is -0.385. The lowest BCUT2D eigenvalue weighted by Crippen LogP contribution is -2.17. The third-order valence-corrected chi connectivity index (χ3v) is 4.44. The Labute approximate surface area is 191 Å². The van der Waals surface area contributed by atoms with Crippen molar-refractivity contribution in [1.29, 1.82) is 0 Å². The molecule has 0 saturated carbocycles. The molecule has 12 nitrogen and oxygen atoms in total. The van der Waals surface area contributed by atoms with Crippen LogP contribution < -0.4 is 14.9 Å². The van der Waals surface area contributed by atoms with Gasteiger partial charge in [-0.1, -0.05) is 0 Å². The van der Waals surface area contributed by atoms with Crippen LogP contribution in [0.4, 0.5) is 11.4 Å². The maximum Gasteiger partial charge on any atom is 0.343 e. The zero-order valence-electron chi connectivity index (χ0n) is 17.5. The smallest absolute Gasteiger partial charge is 0.343 e. The standard InChI is InChI=1S/C22H16N4O8/c1-33-19-9-4-15(5-10-19)22(28)34-20-11-8-18(26(31)32)12-16(20)13-23-24-21(27)14-2-6-17(7-3-14)25(29)30/h2-13H,1H3,(H,24,27)/b23-13+. The molecule has 1 amide bonds. The van der Waals surface area contributed by atoms with E-state index in [4.69, 9.17) is 9.47 Å². The molecule has 0 bridgehead atoms. The van der Waals surface area contributed by atoms with E-state index in [1.165, 1.54) is 37.4 Å². The predicted molar refractivity (Wildman–Crippen MR) is 119 cm³/mol. The quantitative estimate of drug-likeness (QED) is 0.174. The first-order valence-corrected chi connectivity index (χ1v) is 9.51. The molecule has 0 aliphatic heterocycles. The van der Waals surface area contributed by atoms with Crippen LogP contribution in [0.1, 0.15) is 26.3 Å². The summed E-state index contributed by atoms with van der Waals surface area (Å²) in [5.41, 5.74) is 2.12. The summed E-state index contributed by atoms with van der Waals surface area (Å²) in [6.45, 7) is 0. The van der Waals surface area contributed by atoms with Gasteiger partial charge in [-0.3, -0.25) is 25.0 Å². The molecule has 0 heterocycles.